The van der Waals surface area contributed by atoms with E-state index < -0.39 is 0 Å². The third-order valence-corrected chi connectivity index (χ3v) is 3.25. The number of benzene rings is 1. The molecule has 2 rings (SSSR count). The van der Waals surface area contributed by atoms with E-state index in [9.17, 15) is 4.39 Å². The molecule has 0 N–H and O–H groups in total. The highest BCUT2D eigenvalue weighted by atomic mass is 35.5. The fourth-order valence-electron chi connectivity index (χ4n) is 2.00. The molecule has 4 heteroatoms. The van der Waals surface area contributed by atoms with Crippen molar-refractivity contribution in [3.8, 4) is 0 Å². The number of hydrogen-bond donors (Lipinski definition) is 0. The Kier molecular flexibility index (Phi) is 4.38. The van der Waals surface area contributed by atoms with Crippen molar-refractivity contribution in [2.24, 2.45) is 0 Å². The van der Waals surface area contributed by atoms with Crippen LogP contribution in [0.25, 0.3) is 0 Å². The molecule has 0 bridgehead atoms. The summed E-state index contributed by atoms with van der Waals surface area (Å²) in [5, 5.41) is 0. The van der Waals surface area contributed by atoms with Crippen LogP contribution in [0.3, 0.4) is 0 Å². The van der Waals surface area contributed by atoms with E-state index in [1.54, 1.807) is 17.2 Å². The Balaban J connectivity index is 2.23. The van der Waals surface area contributed by atoms with Crippen LogP contribution in [0.5, 0.6) is 0 Å². The molecule has 1 aromatic carbocycles. The zero-order valence-electron chi connectivity index (χ0n) is 11.0. The van der Waals surface area contributed by atoms with Crippen molar-refractivity contribution >= 4 is 17.4 Å². The molecule has 0 radical (unpaired) electrons. The number of aryl methyl sites for hydroxylation is 1. The quantitative estimate of drug-likeness (QED) is 0.789. The lowest BCUT2D eigenvalue weighted by atomic mass is 10.1. The molecule has 2 aromatic rings. The number of rotatable bonds is 4. The first-order chi connectivity index (χ1) is 9.11. The summed E-state index contributed by atoms with van der Waals surface area (Å²) in [5.74, 6) is 0.145. The second kappa shape index (κ2) is 6.02. The van der Waals surface area contributed by atoms with Crippen LogP contribution in [-0.2, 0) is 12.4 Å². The number of nitrogens with zero attached hydrogens (tertiary/aromatic N) is 2. The van der Waals surface area contributed by atoms with Gasteiger partial charge in [-0.2, -0.15) is 0 Å². The summed E-state index contributed by atoms with van der Waals surface area (Å²) < 4.78 is 14.1. The van der Waals surface area contributed by atoms with E-state index in [2.05, 4.69) is 11.1 Å². The molecule has 0 fully saturated rings. The molecule has 1 aromatic heterocycles. The van der Waals surface area contributed by atoms with Gasteiger partial charge in [-0.3, -0.25) is 0 Å². The van der Waals surface area contributed by atoms with Gasteiger partial charge in [-0.05, 0) is 18.6 Å². The van der Waals surface area contributed by atoms with Gasteiger partial charge in [-0.15, -0.1) is 11.6 Å². The number of hydrogen-bond acceptors (Lipinski definition) is 2. The SMILES string of the molecule is Cc1cccc(CN(C)c2nccc(CCl)c2F)c1. The molecule has 2 nitrogen and oxygen atoms in total. The van der Waals surface area contributed by atoms with E-state index in [4.69, 9.17) is 11.6 Å². The first kappa shape index (κ1) is 13.8. The smallest absolute Gasteiger partial charge is 0.170 e. The topological polar surface area (TPSA) is 16.1 Å². The van der Waals surface area contributed by atoms with E-state index in [1.807, 2.05) is 32.2 Å². The molecular formula is C15H16ClFN2. The molecule has 0 aliphatic heterocycles. The van der Waals surface area contributed by atoms with Crippen LogP contribution >= 0.6 is 11.6 Å². The van der Waals surface area contributed by atoms with Crippen LogP contribution in [0, 0.1) is 12.7 Å². The van der Waals surface area contributed by atoms with Crippen molar-refractivity contribution in [2.75, 3.05) is 11.9 Å². The van der Waals surface area contributed by atoms with Crippen LogP contribution in [0.1, 0.15) is 16.7 Å². The van der Waals surface area contributed by atoms with Crippen molar-refractivity contribution in [3.63, 3.8) is 0 Å². The van der Waals surface area contributed by atoms with Crippen molar-refractivity contribution in [3.05, 3.63) is 59.0 Å². The lowest BCUT2D eigenvalue weighted by molar-refractivity contribution is 0.604. The second-order valence-corrected chi connectivity index (χ2v) is 4.85. The Bertz CT molecular complexity index is 572. The van der Waals surface area contributed by atoms with Gasteiger partial charge >= 0.3 is 0 Å². The van der Waals surface area contributed by atoms with Crippen LogP contribution in [-0.4, -0.2) is 12.0 Å². The number of alkyl halides is 1. The lowest BCUT2D eigenvalue weighted by Gasteiger charge is -2.19. The van der Waals surface area contributed by atoms with E-state index in [1.165, 1.54) is 5.56 Å². The predicted molar refractivity (Wildman–Crippen MR) is 77.0 cm³/mol. The summed E-state index contributed by atoms with van der Waals surface area (Å²) in [6.07, 6.45) is 1.59. The van der Waals surface area contributed by atoms with Gasteiger partial charge in [-0.25, -0.2) is 9.37 Å². The van der Waals surface area contributed by atoms with Crippen LogP contribution in [0.4, 0.5) is 10.2 Å². The Morgan fingerprint density at radius 1 is 1.32 bits per heavy atom. The zero-order valence-corrected chi connectivity index (χ0v) is 11.8. The van der Waals surface area contributed by atoms with Gasteiger partial charge in [0.05, 0.1) is 5.88 Å². The van der Waals surface area contributed by atoms with Crippen molar-refractivity contribution in [2.45, 2.75) is 19.3 Å². The molecule has 19 heavy (non-hydrogen) atoms. The Hall–Kier alpha value is -1.61. The first-order valence-corrected chi connectivity index (χ1v) is 6.61. The number of aromatic nitrogens is 1. The predicted octanol–water partition coefficient (Wildman–Crippen LogP) is 3.90. The van der Waals surface area contributed by atoms with E-state index in [-0.39, 0.29) is 11.7 Å². The maximum atomic E-state index is 14.1. The number of anilines is 1. The van der Waals surface area contributed by atoms with Gasteiger partial charge in [0.2, 0.25) is 0 Å². The standard InChI is InChI=1S/C15H16ClFN2/c1-11-4-3-5-12(8-11)10-19(2)15-14(17)13(9-16)6-7-18-15/h3-8H,9-10H2,1-2H3. The van der Waals surface area contributed by atoms with Crippen molar-refractivity contribution < 1.29 is 4.39 Å². The average molecular weight is 279 g/mol. The summed E-state index contributed by atoms with van der Waals surface area (Å²) in [6, 6.07) is 9.74. The molecule has 0 amide bonds. The zero-order chi connectivity index (χ0) is 13.8. The molecule has 1 heterocycles. The van der Waals surface area contributed by atoms with Gasteiger partial charge in [0, 0.05) is 25.4 Å². The van der Waals surface area contributed by atoms with Crippen LogP contribution < -0.4 is 4.90 Å². The third-order valence-electron chi connectivity index (χ3n) is 2.96. The highest BCUT2D eigenvalue weighted by Crippen LogP contribution is 2.21. The van der Waals surface area contributed by atoms with E-state index >= 15 is 0 Å². The Morgan fingerprint density at radius 3 is 2.79 bits per heavy atom. The highest BCUT2D eigenvalue weighted by molar-refractivity contribution is 6.17. The summed E-state index contributed by atoms with van der Waals surface area (Å²) in [5.41, 5.74) is 2.79. The first-order valence-electron chi connectivity index (χ1n) is 6.08. The largest absolute Gasteiger partial charge is 0.353 e. The maximum Gasteiger partial charge on any atom is 0.170 e. The molecule has 0 spiro atoms. The number of pyridine rings is 1. The van der Waals surface area contributed by atoms with Gasteiger partial charge in [0.15, 0.2) is 11.6 Å². The fourth-order valence-corrected chi connectivity index (χ4v) is 2.21. The van der Waals surface area contributed by atoms with Gasteiger partial charge in [-0.1, -0.05) is 29.8 Å². The Labute approximate surface area is 117 Å². The average Bonchev–Trinajstić information content (AvgIpc) is 2.39. The van der Waals surface area contributed by atoms with Crippen LogP contribution in [0.2, 0.25) is 0 Å². The minimum absolute atomic E-state index is 0.152. The lowest BCUT2D eigenvalue weighted by Crippen LogP contribution is -2.19. The normalized spacial score (nSPS) is 10.5. The van der Waals surface area contributed by atoms with Gasteiger partial charge < -0.3 is 4.90 Å². The summed E-state index contributed by atoms with van der Waals surface area (Å²) >= 11 is 5.70. The van der Waals surface area contributed by atoms with Crippen molar-refractivity contribution in [1.29, 1.82) is 0 Å². The summed E-state index contributed by atoms with van der Waals surface area (Å²) in [4.78, 5) is 5.89. The monoisotopic (exact) mass is 278 g/mol. The molecule has 0 saturated carbocycles. The molecule has 0 atom stereocenters. The minimum atomic E-state index is -0.340. The fraction of sp³-hybridized carbons (Fsp3) is 0.267. The van der Waals surface area contributed by atoms with E-state index in [0.29, 0.717) is 17.9 Å². The van der Waals surface area contributed by atoms with Crippen molar-refractivity contribution in [1.82, 2.24) is 4.98 Å². The molecule has 0 unspecified atom stereocenters. The van der Waals surface area contributed by atoms with Gasteiger partial charge in [0.1, 0.15) is 0 Å². The molecule has 0 aliphatic carbocycles. The molecule has 0 aliphatic rings. The highest BCUT2D eigenvalue weighted by Gasteiger charge is 2.13. The number of halogens is 2. The third kappa shape index (κ3) is 3.24. The van der Waals surface area contributed by atoms with Crippen LogP contribution in [0.15, 0.2) is 36.5 Å². The Morgan fingerprint density at radius 2 is 2.11 bits per heavy atom. The summed E-state index contributed by atoms with van der Waals surface area (Å²) in [6.45, 7) is 2.65. The molecular weight excluding hydrogens is 263 g/mol. The summed E-state index contributed by atoms with van der Waals surface area (Å²) in [7, 11) is 1.83. The second-order valence-electron chi connectivity index (χ2n) is 4.59. The molecule has 0 saturated heterocycles. The molecule has 100 valence electrons. The minimum Gasteiger partial charge on any atom is -0.353 e. The van der Waals surface area contributed by atoms with E-state index in [0.717, 1.165) is 5.56 Å². The maximum absolute atomic E-state index is 14.1. The van der Waals surface area contributed by atoms with Gasteiger partial charge in [0.25, 0.3) is 0 Å².